The molecule has 0 spiro atoms. The number of rotatable bonds is 10. The number of nitrogens with one attached hydrogen (secondary N) is 2. The summed E-state index contributed by atoms with van der Waals surface area (Å²) >= 11 is 11.7. The van der Waals surface area contributed by atoms with E-state index in [9.17, 15) is 14.4 Å². The normalized spacial score (nSPS) is 10.4. The molecule has 0 radical (unpaired) electrons. The summed E-state index contributed by atoms with van der Waals surface area (Å²) in [5.74, 6) is -1.06. The second kappa shape index (κ2) is 12.6. The van der Waals surface area contributed by atoms with Gasteiger partial charge in [-0.2, -0.15) is 0 Å². The van der Waals surface area contributed by atoms with E-state index < -0.39 is 18.2 Å². The molecule has 0 saturated carbocycles. The van der Waals surface area contributed by atoms with Crippen LogP contribution in [0.15, 0.2) is 48.5 Å². The average Bonchev–Trinajstić information content (AvgIpc) is 2.67. The van der Waals surface area contributed by atoms with Crippen LogP contribution in [0.1, 0.15) is 0 Å². The van der Waals surface area contributed by atoms with Gasteiger partial charge in [-0.1, -0.05) is 35.3 Å². The molecule has 0 unspecified atom stereocenters. The molecule has 3 N–H and O–H groups in total. The van der Waals surface area contributed by atoms with E-state index in [1.165, 1.54) is 4.90 Å². The minimum atomic E-state index is -1.06. The van der Waals surface area contributed by atoms with Crippen molar-refractivity contribution >= 4 is 52.7 Å². The van der Waals surface area contributed by atoms with Gasteiger partial charge < -0.3 is 14.6 Å². The van der Waals surface area contributed by atoms with Crippen molar-refractivity contribution in [2.45, 2.75) is 0 Å². The topological polar surface area (TPSA) is 117 Å². The Labute approximate surface area is 188 Å². The highest BCUT2D eigenvalue weighted by molar-refractivity contribution is 6.31. The molecule has 0 atom stereocenters. The number of hydrogen-bond donors (Lipinski definition) is 3. The van der Waals surface area contributed by atoms with Gasteiger partial charge in [0.2, 0.25) is 0 Å². The SMILES string of the molecule is O=C(O)CN(CCOC(=O)Nc1cccc(Cl)c1)CCOC(=O)Nc1cccc(Cl)c1. The van der Waals surface area contributed by atoms with Crippen LogP contribution in [0.2, 0.25) is 10.0 Å². The van der Waals surface area contributed by atoms with E-state index in [0.717, 1.165) is 0 Å². The average molecular weight is 470 g/mol. The van der Waals surface area contributed by atoms with E-state index in [0.29, 0.717) is 21.4 Å². The van der Waals surface area contributed by atoms with Gasteiger partial charge in [0.1, 0.15) is 13.2 Å². The Bertz CT molecular complexity index is 846. The van der Waals surface area contributed by atoms with Crippen LogP contribution in [0.3, 0.4) is 0 Å². The molecule has 2 aromatic carbocycles. The Kier molecular flexibility index (Phi) is 9.89. The Morgan fingerprint density at radius 2 is 1.29 bits per heavy atom. The molecule has 0 saturated heterocycles. The van der Waals surface area contributed by atoms with E-state index in [1.54, 1.807) is 48.5 Å². The van der Waals surface area contributed by atoms with E-state index in [-0.39, 0.29) is 32.8 Å². The number of ether oxygens (including phenoxy) is 2. The summed E-state index contributed by atoms with van der Waals surface area (Å²) in [6.45, 7) is -0.162. The lowest BCUT2D eigenvalue weighted by Crippen LogP contribution is -2.36. The molecule has 166 valence electrons. The monoisotopic (exact) mass is 469 g/mol. The molecule has 0 aliphatic rings. The first-order valence-corrected chi connectivity index (χ1v) is 9.90. The summed E-state index contributed by atoms with van der Waals surface area (Å²) in [4.78, 5) is 36.2. The van der Waals surface area contributed by atoms with Crippen LogP contribution < -0.4 is 10.6 Å². The molecule has 0 fully saturated rings. The van der Waals surface area contributed by atoms with Crippen LogP contribution in [0.25, 0.3) is 0 Å². The molecule has 2 amide bonds. The number of halogens is 2. The van der Waals surface area contributed by atoms with Crippen molar-refractivity contribution in [1.29, 1.82) is 0 Å². The summed E-state index contributed by atoms with van der Waals surface area (Å²) < 4.78 is 10.1. The quantitative estimate of drug-likeness (QED) is 0.477. The minimum Gasteiger partial charge on any atom is -0.480 e. The van der Waals surface area contributed by atoms with Crippen molar-refractivity contribution in [3.8, 4) is 0 Å². The van der Waals surface area contributed by atoms with E-state index in [4.69, 9.17) is 37.8 Å². The van der Waals surface area contributed by atoms with Gasteiger partial charge in [0.15, 0.2) is 0 Å². The van der Waals surface area contributed by atoms with E-state index in [2.05, 4.69) is 10.6 Å². The van der Waals surface area contributed by atoms with Crippen molar-refractivity contribution in [3.63, 3.8) is 0 Å². The molecule has 9 nitrogen and oxygen atoms in total. The summed E-state index contributed by atoms with van der Waals surface area (Å²) in [5, 5.41) is 15.0. The Morgan fingerprint density at radius 3 is 1.68 bits per heavy atom. The third-order valence-corrected chi connectivity index (χ3v) is 4.25. The maximum absolute atomic E-state index is 11.8. The molecule has 2 rings (SSSR count). The smallest absolute Gasteiger partial charge is 0.411 e. The standard InChI is InChI=1S/C20H21Cl2N3O6/c21-14-3-1-5-16(11-14)23-19(28)30-9-7-25(13-18(26)27)8-10-31-20(29)24-17-6-2-4-15(22)12-17/h1-6,11-12H,7-10,13H2,(H,23,28)(H,24,29)(H,26,27). The zero-order valence-corrected chi connectivity index (χ0v) is 17.9. The van der Waals surface area contributed by atoms with Crippen molar-refractivity contribution in [2.75, 3.05) is 43.5 Å². The molecule has 0 bridgehead atoms. The van der Waals surface area contributed by atoms with Gasteiger partial charge in [-0.3, -0.25) is 20.3 Å². The zero-order valence-electron chi connectivity index (χ0n) is 16.3. The number of benzene rings is 2. The Hall–Kier alpha value is -3.01. The van der Waals surface area contributed by atoms with Crippen LogP contribution in [-0.4, -0.2) is 61.0 Å². The number of aliphatic carboxylic acids is 1. The first kappa shape index (κ1) is 24.3. The molecule has 2 aromatic rings. The molecule has 0 aromatic heterocycles. The van der Waals surface area contributed by atoms with Crippen molar-refractivity contribution in [3.05, 3.63) is 58.6 Å². The molecule has 31 heavy (non-hydrogen) atoms. The lowest BCUT2D eigenvalue weighted by atomic mass is 10.3. The van der Waals surface area contributed by atoms with Crippen molar-refractivity contribution < 1.29 is 29.0 Å². The summed E-state index contributed by atoms with van der Waals surface area (Å²) in [7, 11) is 0. The predicted octanol–water partition coefficient (Wildman–Crippen LogP) is 4.18. The number of amides is 2. The highest BCUT2D eigenvalue weighted by Gasteiger charge is 2.13. The number of anilines is 2. The van der Waals surface area contributed by atoms with E-state index >= 15 is 0 Å². The molecular formula is C20H21Cl2N3O6. The van der Waals surface area contributed by atoms with Gasteiger partial charge in [-0.25, -0.2) is 9.59 Å². The van der Waals surface area contributed by atoms with Crippen LogP contribution in [0.4, 0.5) is 21.0 Å². The first-order chi connectivity index (χ1) is 14.8. The fourth-order valence-electron chi connectivity index (χ4n) is 2.44. The first-order valence-electron chi connectivity index (χ1n) is 9.14. The van der Waals surface area contributed by atoms with Gasteiger partial charge in [-0.05, 0) is 36.4 Å². The number of hydrogen-bond acceptors (Lipinski definition) is 6. The number of carbonyl (C=O) groups is 3. The minimum absolute atomic E-state index is 0.0611. The van der Waals surface area contributed by atoms with E-state index in [1.807, 2.05) is 0 Å². The van der Waals surface area contributed by atoms with Gasteiger partial charge in [0.05, 0.1) is 6.54 Å². The van der Waals surface area contributed by atoms with Crippen LogP contribution in [0.5, 0.6) is 0 Å². The molecule has 0 aliphatic heterocycles. The number of carboxylic acid groups (broad SMARTS) is 1. The largest absolute Gasteiger partial charge is 0.480 e. The maximum Gasteiger partial charge on any atom is 0.411 e. The van der Waals surface area contributed by atoms with Gasteiger partial charge in [-0.15, -0.1) is 0 Å². The van der Waals surface area contributed by atoms with Crippen molar-refractivity contribution in [2.24, 2.45) is 0 Å². The Morgan fingerprint density at radius 1 is 0.839 bits per heavy atom. The molecule has 0 aliphatic carbocycles. The summed E-state index contributed by atoms with van der Waals surface area (Å²) in [5.41, 5.74) is 0.943. The highest BCUT2D eigenvalue weighted by Crippen LogP contribution is 2.15. The third kappa shape index (κ3) is 10.0. The highest BCUT2D eigenvalue weighted by atomic mass is 35.5. The van der Waals surface area contributed by atoms with Crippen LogP contribution >= 0.6 is 23.2 Å². The van der Waals surface area contributed by atoms with Crippen molar-refractivity contribution in [1.82, 2.24) is 4.90 Å². The summed E-state index contributed by atoms with van der Waals surface area (Å²) in [6.07, 6.45) is -1.40. The summed E-state index contributed by atoms with van der Waals surface area (Å²) in [6, 6.07) is 13.1. The predicted molar refractivity (Wildman–Crippen MR) is 117 cm³/mol. The number of nitrogens with zero attached hydrogens (tertiary/aromatic N) is 1. The fourth-order valence-corrected chi connectivity index (χ4v) is 2.82. The Balaban J connectivity index is 1.72. The zero-order chi connectivity index (χ0) is 22.6. The lowest BCUT2D eigenvalue weighted by molar-refractivity contribution is -0.138. The van der Waals surface area contributed by atoms with Gasteiger partial charge >= 0.3 is 18.2 Å². The maximum atomic E-state index is 11.8. The number of carboxylic acids is 1. The molecular weight excluding hydrogens is 449 g/mol. The van der Waals surface area contributed by atoms with Crippen LogP contribution in [0, 0.1) is 0 Å². The number of carbonyl (C=O) groups excluding carboxylic acids is 2. The van der Waals surface area contributed by atoms with Crippen LogP contribution in [-0.2, 0) is 14.3 Å². The molecule has 11 heteroatoms. The second-order valence-corrected chi connectivity index (χ2v) is 7.09. The lowest BCUT2D eigenvalue weighted by Gasteiger charge is -2.20. The molecule has 0 heterocycles. The third-order valence-electron chi connectivity index (χ3n) is 3.78. The second-order valence-electron chi connectivity index (χ2n) is 6.21. The van der Waals surface area contributed by atoms with Gasteiger partial charge in [0, 0.05) is 34.5 Å². The van der Waals surface area contributed by atoms with Gasteiger partial charge in [0.25, 0.3) is 0 Å². The fraction of sp³-hybridized carbons (Fsp3) is 0.250.